The highest BCUT2D eigenvalue weighted by molar-refractivity contribution is 7.89. The van der Waals surface area contributed by atoms with Crippen LogP contribution in [0.3, 0.4) is 0 Å². The van der Waals surface area contributed by atoms with E-state index in [4.69, 9.17) is 9.83 Å². The summed E-state index contributed by atoms with van der Waals surface area (Å²) in [5.41, 5.74) is 2.53. The molecular formula is C30H33N5O6S. The topological polar surface area (TPSA) is 139 Å². The molecule has 0 bridgehead atoms. The summed E-state index contributed by atoms with van der Waals surface area (Å²) >= 11 is 0. The Morgan fingerprint density at radius 1 is 1.00 bits per heavy atom. The number of sulfonamides is 1. The van der Waals surface area contributed by atoms with E-state index in [2.05, 4.69) is 21.8 Å². The number of H-pyrrole nitrogens is 1. The average Bonchev–Trinajstić information content (AvgIpc) is 3.32. The van der Waals surface area contributed by atoms with E-state index in [1.807, 2.05) is 30.3 Å². The number of carboxylic acids is 1. The Morgan fingerprint density at radius 3 is 2.36 bits per heavy atom. The molecule has 4 aromatic rings. The van der Waals surface area contributed by atoms with Gasteiger partial charge < -0.3 is 20.1 Å². The largest absolute Gasteiger partial charge is 0.494 e. The van der Waals surface area contributed by atoms with Crippen molar-refractivity contribution >= 4 is 38.3 Å². The molecule has 3 N–H and O–H groups in total. The van der Waals surface area contributed by atoms with Gasteiger partial charge in [0.15, 0.2) is 5.88 Å². The first-order valence-electron chi connectivity index (χ1n) is 13.5. The highest BCUT2D eigenvalue weighted by Crippen LogP contribution is 2.32. The van der Waals surface area contributed by atoms with Crippen molar-refractivity contribution in [3.8, 4) is 5.88 Å². The van der Waals surface area contributed by atoms with Crippen molar-refractivity contribution < 1.29 is 28.3 Å². The van der Waals surface area contributed by atoms with Crippen LogP contribution in [0, 0.1) is 0 Å². The molecule has 1 aliphatic heterocycles. The molecule has 0 spiro atoms. The number of hydroxylamine groups is 1. The van der Waals surface area contributed by atoms with Gasteiger partial charge in [-0.1, -0.05) is 40.9 Å². The summed E-state index contributed by atoms with van der Waals surface area (Å²) in [5, 5.41) is 20.8. The Labute approximate surface area is 244 Å². The number of aromatic hydroxyl groups is 1. The molecule has 1 aliphatic rings. The summed E-state index contributed by atoms with van der Waals surface area (Å²) in [7, 11) is -0.431. The van der Waals surface area contributed by atoms with Gasteiger partial charge in [-0.2, -0.15) is 0 Å². The number of piperazine rings is 1. The summed E-state index contributed by atoms with van der Waals surface area (Å²) in [6.45, 7) is 4.68. The number of rotatable bonds is 10. The number of carboxylic acid groups (broad SMARTS) is 1. The van der Waals surface area contributed by atoms with Crippen molar-refractivity contribution in [2.24, 2.45) is 4.99 Å². The van der Waals surface area contributed by atoms with Crippen molar-refractivity contribution in [1.82, 2.24) is 19.3 Å². The fourth-order valence-corrected chi connectivity index (χ4v) is 5.82. The normalized spacial score (nSPS) is 15.5. The second kappa shape index (κ2) is 12.4. The van der Waals surface area contributed by atoms with Crippen molar-refractivity contribution in [3.05, 3.63) is 89.5 Å². The summed E-state index contributed by atoms with van der Waals surface area (Å²) in [4.78, 5) is 29.2. The fourth-order valence-electron chi connectivity index (χ4n) is 4.83. The van der Waals surface area contributed by atoms with E-state index in [0.29, 0.717) is 40.0 Å². The molecule has 12 heteroatoms. The van der Waals surface area contributed by atoms with Crippen molar-refractivity contribution in [2.45, 2.75) is 4.90 Å². The van der Waals surface area contributed by atoms with E-state index in [1.165, 1.54) is 31.3 Å². The Morgan fingerprint density at radius 2 is 1.69 bits per heavy atom. The van der Waals surface area contributed by atoms with Crippen LogP contribution in [0.25, 0.3) is 10.9 Å². The lowest BCUT2D eigenvalue weighted by molar-refractivity contribution is -0.0735. The molecule has 220 valence electrons. The third-order valence-electron chi connectivity index (χ3n) is 7.30. The van der Waals surface area contributed by atoms with Gasteiger partial charge in [0.1, 0.15) is 0 Å². The summed E-state index contributed by atoms with van der Waals surface area (Å²) in [5.74, 6) is -1.24. The summed E-state index contributed by atoms with van der Waals surface area (Å²) < 4.78 is 27.2. The van der Waals surface area contributed by atoms with Crippen LogP contribution >= 0.6 is 0 Å². The molecule has 0 aliphatic carbocycles. The van der Waals surface area contributed by atoms with Crippen LogP contribution in [0.4, 0.5) is 5.69 Å². The Bertz CT molecular complexity index is 1700. The molecule has 0 unspecified atom stereocenters. The smallest absolute Gasteiger partial charge is 0.335 e. The quantitative estimate of drug-likeness (QED) is 0.188. The van der Waals surface area contributed by atoms with E-state index in [1.54, 1.807) is 18.2 Å². The van der Waals surface area contributed by atoms with Crippen LogP contribution in [0.15, 0.2) is 82.7 Å². The summed E-state index contributed by atoms with van der Waals surface area (Å²) in [6, 6.07) is 19.9. The van der Waals surface area contributed by atoms with Gasteiger partial charge >= 0.3 is 5.97 Å². The van der Waals surface area contributed by atoms with E-state index >= 15 is 0 Å². The van der Waals surface area contributed by atoms with E-state index < -0.39 is 16.0 Å². The van der Waals surface area contributed by atoms with Crippen molar-refractivity contribution in [1.29, 1.82) is 0 Å². The van der Waals surface area contributed by atoms with E-state index in [0.717, 1.165) is 30.6 Å². The van der Waals surface area contributed by atoms with Crippen LogP contribution < -0.4 is 0 Å². The zero-order valence-electron chi connectivity index (χ0n) is 23.4. The number of aromatic nitrogens is 1. The number of benzene rings is 3. The van der Waals surface area contributed by atoms with Crippen LogP contribution in [0.5, 0.6) is 5.88 Å². The number of hydrogen-bond donors (Lipinski definition) is 3. The van der Waals surface area contributed by atoms with Gasteiger partial charge in [0, 0.05) is 56.2 Å². The van der Waals surface area contributed by atoms with E-state index in [9.17, 15) is 23.4 Å². The first kappa shape index (κ1) is 29.4. The van der Waals surface area contributed by atoms with Gasteiger partial charge in [-0.25, -0.2) is 18.2 Å². The molecule has 1 saturated heterocycles. The van der Waals surface area contributed by atoms with Gasteiger partial charge in [-0.15, -0.1) is 0 Å². The number of nitrogens with one attached hydrogen (secondary N) is 1. The number of nitrogens with zero attached hydrogens (tertiary/aromatic N) is 4. The number of fused-ring (bicyclic) bond motifs is 1. The van der Waals surface area contributed by atoms with Gasteiger partial charge in [0.2, 0.25) is 0 Å². The fraction of sp³-hybridized carbons (Fsp3) is 0.267. The van der Waals surface area contributed by atoms with Crippen LogP contribution in [0.1, 0.15) is 21.5 Å². The molecule has 1 fully saturated rings. The number of aliphatic imine (C=N–C) groups is 1. The molecule has 2 heterocycles. The number of hydrogen-bond acceptors (Lipinski definition) is 8. The van der Waals surface area contributed by atoms with Gasteiger partial charge in [-0.05, 0) is 43.4 Å². The zero-order valence-corrected chi connectivity index (χ0v) is 24.2. The summed E-state index contributed by atoms with van der Waals surface area (Å²) in [6.07, 6.45) is 0. The lowest BCUT2D eigenvalue weighted by atomic mass is 10.00. The minimum atomic E-state index is -3.90. The molecule has 0 atom stereocenters. The Hall–Kier alpha value is -4.07. The predicted molar refractivity (Wildman–Crippen MR) is 160 cm³/mol. The molecule has 0 amide bonds. The Balaban J connectivity index is 1.39. The first-order chi connectivity index (χ1) is 20.1. The van der Waals surface area contributed by atoms with Crippen molar-refractivity contribution in [2.75, 3.05) is 53.4 Å². The molecule has 11 nitrogen and oxygen atoms in total. The minimum absolute atomic E-state index is 0.0564. The molecule has 3 aromatic carbocycles. The molecule has 0 radical (unpaired) electrons. The molecule has 42 heavy (non-hydrogen) atoms. The molecule has 0 saturated carbocycles. The number of aromatic carboxylic acids is 1. The molecule has 1 aromatic heterocycles. The minimum Gasteiger partial charge on any atom is -0.494 e. The van der Waals surface area contributed by atoms with Crippen LogP contribution in [-0.4, -0.2) is 103 Å². The highest BCUT2D eigenvalue weighted by Gasteiger charge is 2.23. The number of aromatic amines is 1. The number of carbonyl (C=O) groups is 1. The van der Waals surface area contributed by atoms with Crippen LogP contribution in [0.2, 0.25) is 0 Å². The SMILES string of the molecule is CN1CCN(CCON(C)S(=O)(=O)c2ccc(N=C(c3ccccc3)c3c(O)[nH]c4cc(C(=O)O)ccc34)cc2)CC1. The first-order valence-corrected chi connectivity index (χ1v) is 14.9. The third-order valence-corrected chi connectivity index (χ3v) is 8.95. The maximum Gasteiger partial charge on any atom is 0.335 e. The standard InChI is InChI=1S/C30H33N5O6S/c1-33-14-16-35(17-15-33)18-19-41-34(2)42(39,40)24-11-9-23(10-12-24)31-28(21-6-4-3-5-7-21)27-25-13-8-22(30(37)38)20-26(25)32-29(27)36/h3-13,20,32,36H,14-19H2,1-2H3,(H,37,38). The second-order valence-corrected chi connectivity index (χ2v) is 12.1. The zero-order chi connectivity index (χ0) is 29.9. The van der Waals surface area contributed by atoms with Gasteiger partial charge in [-0.3, -0.25) is 9.74 Å². The maximum atomic E-state index is 13.1. The maximum absolute atomic E-state index is 13.1. The average molecular weight is 592 g/mol. The van der Waals surface area contributed by atoms with E-state index in [-0.39, 0.29) is 22.9 Å². The van der Waals surface area contributed by atoms with Gasteiger partial charge in [0.25, 0.3) is 10.0 Å². The highest BCUT2D eigenvalue weighted by atomic mass is 32.2. The lowest BCUT2D eigenvalue weighted by Gasteiger charge is -2.32. The predicted octanol–water partition coefficient (Wildman–Crippen LogP) is 3.54. The monoisotopic (exact) mass is 591 g/mol. The second-order valence-electron chi connectivity index (χ2n) is 10.1. The molecular weight excluding hydrogens is 558 g/mol. The number of likely N-dealkylation sites (N-methyl/N-ethyl adjacent to an activating group) is 1. The Kier molecular flexibility index (Phi) is 8.71. The molecule has 5 rings (SSSR count). The third kappa shape index (κ3) is 6.37. The van der Waals surface area contributed by atoms with Crippen LogP contribution in [-0.2, 0) is 14.9 Å². The van der Waals surface area contributed by atoms with Gasteiger partial charge in [0.05, 0.1) is 34.0 Å². The lowest BCUT2D eigenvalue weighted by Crippen LogP contribution is -2.46. The van der Waals surface area contributed by atoms with Crippen molar-refractivity contribution in [3.63, 3.8) is 0 Å².